The third-order valence-electron chi connectivity index (χ3n) is 6.68. The summed E-state index contributed by atoms with van der Waals surface area (Å²) < 4.78 is 51.4. The number of fused-ring (bicyclic) bond motifs is 1. The Balaban J connectivity index is 1.27. The molecule has 0 bridgehead atoms. The monoisotopic (exact) mass is 576 g/mol. The highest BCUT2D eigenvalue weighted by atomic mass is 19.4. The van der Waals surface area contributed by atoms with E-state index in [2.05, 4.69) is 15.1 Å². The van der Waals surface area contributed by atoms with Gasteiger partial charge in [0.2, 0.25) is 6.29 Å². The molecule has 0 saturated carbocycles. The Hall–Kier alpha value is -3.86. The first-order valence-electron chi connectivity index (χ1n) is 12.4. The summed E-state index contributed by atoms with van der Waals surface area (Å²) in [5.74, 6) is 1.16. The minimum absolute atomic E-state index is 0.289. The number of aliphatic imine (C=N–C) groups is 1. The summed E-state index contributed by atoms with van der Waals surface area (Å²) in [6.07, 6.45) is -9.35. The second kappa shape index (κ2) is 11.2. The molecule has 2 aliphatic rings. The van der Waals surface area contributed by atoms with Crippen LogP contribution in [0.4, 0.5) is 19.0 Å². The van der Waals surface area contributed by atoms with Gasteiger partial charge in [-0.3, -0.25) is 4.57 Å². The van der Waals surface area contributed by atoms with Crippen molar-refractivity contribution in [3.8, 4) is 11.4 Å². The van der Waals surface area contributed by atoms with Crippen LogP contribution in [0.5, 0.6) is 5.75 Å². The van der Waals surface area contributed by atoms with Crippen LogP contribution in [0.3, 0.4) is 0 Å². The number of hydrogen-bond acceptors (Lipinski definition) is 11. The highest BCUT2D eigenvalue weighted by Gasteiger charge is 2.44. The van der Waals surface area contributed by atoms with Crippen LogP contribution < -0.4 is 10.5 Å². The maximum absolute atomic E-state index is 13.0. The average Bonchev–Trinajstić information content (AvgIpc) is 3.30. The number of alkyl halides is 3. The lowest BCUT2D eigenvalue weighted by Crippen LogP contribution is -2.60. The van der Waals surface area contributed by atoms with Gasteiger partial charge in [-0.1, -0.05) is 0 Å². The molecule has 6 atom stereocenters. The van der Waals surface area contributed by atoms with Gasteiger partial charge in [-0.2, -0.15) is 18.3 Å². The molecule has 6 unspecified atom stereocenters. The normalized spacial score (nSPS) is 26.4. The van der Waals surface area contributed by atoms with E-state index < -0.39 is 55.2 Å². The number of ether oxygens (including phenoxy) is 2. The first kappa shape index (κ1) is 28.7. The predicted molar refractivity (Wildman–Crippen MR) is 139 cm³/mol. The summed E-state index contributed by atoms with van der Waals surface area (Å²) in [7, 11) is 0. The third kappa shape index (κ3) is 5.68. The summed E-state index contributed by atoms with van der Waals surface area (Å²) in [5, 5.41) is 45.0. The maximum atomic E-state index is 13.0. The molecule has 5 rings (SSSR count). The molecule has 15 heteroatoms. The maximum Gasteiger partial charge on any atom is 0.416 e. The minimum atomic E-state index is -4.45. The van der Waals surface area contributed by atoms with Crippen molar-refractivity contribution in [2.24, 2.45) is 15.8 Å². The molecule has 3 aromatic rings. The van der Waals surface area contributed by atoms with Crippen LogP contribution in [-0.2, 0) is 10.9 Å². The molecule has 0 radical (unpaired) electrons. The molecule has 0 spiro atoms. The number of halogens is 3. The van der Waals surface area contributed by atoms with Gasteiger partial charge < -0.3 is 35.6 Å². The van der Waals surface area contributed by atoms with Crippen LogP contribution in [0.1, 0.15) is 28.8 Å². The molecule has 0 amide bonds. The van der Waals surface area contributed by atoms with Gasteiger partial charge in [0.25, 0.3) is 0 Å². The number of hydrogen-bond donors (Lipinski definition) is 5. The highest BCUT2D eigenvalue weighted by molar-refractivity contribution is 5.80. The Labute approximate surface area is 231 Å². The zero-order chi connectivity index (χ0) is 29.5. The van der Waals surface area contributed by atoms with E-state index in [1.165, 1.54) is 29.7 Å². The van der Waals surface area contributed by atoms with E-state index in [1.807, 2.05) is 0 Å². The fourth-order valence-electron chi connectivity index (χ4n) is 4.45. The molecular weight excluding hydrogens is 549 g/mol. The number of aliphatic hydroxyl groups excluding tert-OH is 4. The van der Waals surface area contributed by atoms with Gasteiger partial charge in [0.15, 0.2) is 5.82 Å². The molecule has 2 aromatic carbocycles. The number of imidazole rings is 1. The molecule has 2 aliphatic heterocycles. The number of aromatic nitrogens is 2. The number of aliphatic hydroxyl groups is 4. The summed E-state index contributed by atoms with van der Waals surface area (Å²) >= 11 is 0. The van der Waals surface area contributed by atoms with E-state index in [-0.39, 0.29) is 5.75 Å². The van der Waals surface area contributed by atoms with E-state index in [4.69, 9.17) is 15.2 Å². The number of rotatable bonds is 6. The molecule has 12 nitrogen and oxygen atoms in total. The standard InChI is InChI=1S/C26H27F3N6O6/c1-13-33-19-23(30)34(12-31-24(19)35(13)16-6-4-15(5-7-16)26(27,28)29)32-10-14-2-8-17(9-3-14)40-25-22(39)21(38)20(37)18(11-36)41-25/h2-10,12,18,20-23,25,36-39H,11,30H2,1H3. The van der Waals surface area contributed by atoms with Crippen LogP contribution >= 0.6 is 0 Å². The van der Waals surface area contributed by atoms with Gasteiger partial charge in [-0.25, -0.2) is 15.0 Å². The average molecular weight is 577 g/mol. The van der Waals surface area contributed by atoms with Gasteiger partial charge in [-0.15, -0.1) is 0 Å². The van der Waals surface area contributed by atoms with Gasteiger partial charge in [0, 0.05) is 5.69 Å². The van der Waals surface area contributed by atoms with Crippen LogP contribution in [-0.4, -0.2) is 84.9 Å². The molecule has 218 valence electrons. The van der Waals surface area contributed by atoms with Crippen molar-refractivity contribution in [1.82, 2.24) is 14.6 Å². The summed E-state index contributed by atoms with van der Waals surface area (Å²) in [4.78, 5) is 8.86. The topological polar surface area (TPSA) is 171 Å². The van der Waals surface area contributed by atoms with Crippen molar-refractivity contribution in [3.05, 3.63) is 71.2 Å². The molecule has 6 N–H and O–H groups in total. The van der Waals surface area contributed by atoms with E-state index in [1.54, 1.807) is 35.8 Å². The second-order valence-corrected chi connectivity index (χ2v) is 9.45. The third-order valence-corrected chi connectivity index (χ3v) is 6.68. The molecule has 41 heavy (non-hydrogen) atoms. The second-order valence-electron chi connectivity index (χ2n) is 9.45. The molecule has 1 saturated heterocycles. The van der Waals surface area contributed by atoms with Crippen LogP contribution in [0, 0.1) is 6.92 Å². The van der Waals surface area contributed by atoms with Gasteiger partial charge in [-0.05, 0) is 61.0 Å². The minimum Gasteiger partial charge on any atom is -0.462 e. The number of hydrazone groups is 1. The van der Waals surface area contributed by atoms with Gasteiger partial charge in [0.05, 0.1) is 18.4 Å². The van der Waals surface area contributed by atoms with Crippen LogP contribution in [0.15, 0.2) is 58.6 Å². The van der Waals surface area contributed by atoms with Gasteiger partial charge in [0.1, 0.15) is 54.2 Å². The Bertz CT molecular complexity index is 1430. The summed E-state index contributed by atoms with van der Waals surface area (Å²) in [6.45, 7) is 1.12. The Morgan fingerprint density at radius 2 is 1.73 bits per heavy atom. The molecule has 1 aromatic heterocycles. The predicted octanol–water partition coefficient (Wildman–Crippen LogP) is 1.35. The molecule has 1 fully saturated rings. The SMILES string of the molecule is Cc1nc2c(n1-c1ccc(C(F)(F)F)cc1)N=CN(N=Cc1ccc(OC3OC(CO)C(O)C(O)C3O)cc1)C2N. The number of nitrogens with two attached hydrogens (primary N) is 1. The fourth-order valence-corrected chi connectivity index (χ4v) is 4.45. The lowest BCUT2D eigenvalue weighted by Gasteiger charge is -2.39. The fraction of sp³-hybridized carbons (Fsp3) is 0.346. The van der Waals surface area contributed by atoms with Crippen molar-refractivity contribution in [2.45, 2.75) is 50.0 Å². The number of nitrogens with zero attached hydrogens (tertiary/aromatic N) is 5. The summed E-state index contributed by atoms with van der Waals surface area (Å²) in [6, 6.07) is 11.1. The highest BCUT2D eigenvalue weighted by Crippen LogP contribution is 2.35. The van der Waals surface area contributed by atoms with Crippen molar-refractivity contribution in [1.29, 1.82) is 0 Å². The lowest BCUT2D eigenvalue weighted by molar-refractivity contribution is -0.277. The number of benzene rings is 2. The van der Waals surface area contributed by atoms with E-state index in [0.29, 0.717) is 28.6 Å². The van der Waals surface area contributed by atoms with Crippen molar-refractivity contribution >= 4 is 18.4 Å². The van der Waals surface area contributed by atoms with E-state index in [0.717, 1.165) is 12.1 Å². The lowest BCUT2D eigenvalue weighted by atomic mass is 9.99. The molecular formula is C26H27F3N6O6. The van der Waals surface area contributed by atoms with Crippen molar-refractivity contribution in [3.63, 3.8) is 0 Å². The largest absolute Gasteiger partial charge is 0.462 e. The Kier molecular flexibility index (Phi) is 7.83. The first-order valence-corrected chi connectivity index (χ1v) is 12.4. The zero-order valence-corrected chi connectivity index (χ0v) is 21.5. The number of aryl methyl sites for hydroxylation is 1. The van der Waals surface area contributed by atoms with E-state index in [9.17, 15) is 33.6 Å². The van der Waals surface area contributed by atoms with Crippen molar-refractivity contribution in [2.75, 3.05) is 6.61 Å². The first-order chi connectivity index (χ1) is 19.5. The summed E-state index contributed by atoms with van der Waals surface area (Å²) in [5.41, 5.74) is 7.09. The van der Waals surface area contributed by atoms with Gasteiger partial charge >= 0.3 is 6.18 Å². The molecule has 3 heterocycles. The van der Waals surface area contributed by atoms with Crippen molar-refractivity contribution < 1.29 is 43.1 Å². The van der Waals surface area contributed by atoms with Crippen LogP contribution in [0.2, 0.25) is 0 Å². The quantitative estimate of drug-likeness (QED) is 0.272. The van der Waals surface area contributed by atoms with Crippen LogP contribution in [0.25, 0.3) is 5.69 Å². The smallest absolute Gasteiger partial charge is 0.416 e. The Morgan fingerprint density at radius 1 is 1.05 bits per heavy atom. The van der Waals surface area contributed by atoms with E-state index >= 15 is 0 Å². The molecule has 0 aliphatic carbocycles. The zero-order valence-electron chi connectivity index (χ0n) is 21.5. The Morgan fingerprint density at radius 3 is 2.37 bits per heavy atom.